The molecule has 0 bridgehead atoms. The molecule has 0 radical (unpaired) electrons. The first-order valence-corrected chi connectivity index (χ1v) is 14.8. The second kappa shape index (κ2) is 13.0. The number of nitrogens with zero attached hydrogens (tertiary/aromatic N) is 2. The van der Waals surface area contributed by atoms with Crippen LogP contribution in [-0.2, 0) is 26.2 Å². The van der Waals surface area contributed by atoms with Crippen LogP contribution in [0.1, 0.15) is 25.0 Å². The van der Waals surface area contributed by atoms with E-state index in [0.29, 0.717) is 27.8 Å². The number of carbonyl (C=O) groups is 2. The highest BCUT2D eigenvalue weighted by atomic mass is 79.9. The molecule has 1 atom stereocenters. The predicted molar refractivity (Wildman–Crippen MR) is 155 cm³/mol. The number of hydrogen-bond donors (Lipinski definition) is 1. The second-order valence-corrected chi connectivity index (χ2v) is 12.2. The highest BCUT2D eigenvalue weighted by molar-refractivity contribution is 9.10. The van der Waals surface area contributed by atoms with Crippen LogP contribution in [0.25, 0.3) is 0 Å². The third kappa shape index (κ3) is 7.28. The molecule has 0 saturated heterocycles. The fraction of sp³-hybridized carbons (Fsp3) is 0.259. The maximum absolute atomic E-state index is 13.8. The Bertz CT molecular complexity index is 1400. The summed E-state index contributed by atoms with van der Waals surface area (Å²) in [7, 11) is -4.12. The van der Waals surface area contributed by atoms with Crippen molar-refractivity contribution in [3.05, 3.63) is 92.4 Å². The molecule has 2 amide bonds. The SMILES string of the molecule is CCNC(=O)[C@H](C)N(Cc1ccc(Cl)c(Cl)c1)C(=O)CN(c1ccc(Br)cc1)S(=O)(=O)c1ccc(C)cc1. The third-order valence-corrected chi connectivity index (χ3v) is 8.91. The van der Waals surface area contributed by atoms with Crippen LogP contribution in [0.4, 0.5) is 5.69 Å². The summed E-state index contributed by atoms with van der Waals surface area (Å²) >= 11 is 15.6. The normalized spacial score (nSPS) is 12.1. The Balaban J connectivity index is 2.03. The Hall–Kier alpha value is -2.59. The molecule has 0 aliphatic carbocycles. The molecule has 3 aromatic carbocycles. The van der Waals surface area contributed by atoms with E-state index in [4.69, 9.17) is 23.2 Å². The van der Waals surface area contributed by atoms with Crippen LogP contribution < -0.4 is 9.62 Å². The monoisotopic (exact) mass is 639 g/mol. The van der Waals surface area contributed by atoms with Crippen LogP contribution in [0.3, 0.4) is 0 Å². The average Bonchev–Trinajstić information content (AvgIpc) is 2.88. The van der Waals surface area contributed by atoms with Crippen molar-refractivity contribution < 1.29 is 18.0 Å². The molecule has 3 aromatic rings. The van der Waals surface area contributed by atoms with Crippen LogP contribution in [0, 0.1) is 6.92 Å². The van der Waals surface area contributed by atoms with E-state index in [1.165, 1.54) is 17.0 Å². The molecule has 202 valence electrons. The standard InChI is InChI=1S/C27H28BrCl2N3O4S/c1-4-31-27(35)19(3)32(16-20-7-14-24(29)25(30)15-20)26(34)17-33(22-10-8-21(28)9-11-22)38(36,37)23-12-5-18(2)6-13-23/h5-15,19H,4,16-17H2,1-3H3,(H,31,35)/t19-/m0/s1. The van der Waals surface area contributed by atoms with Gasteiger partial charge in [-0.2, -0.15) is 0 Å². The van der Waals surface area contributed by atoms with Crippen LogP contribution in [-0.4, -0.2) is 44.3 Å². The van der Waals surface area contributed by atoms with E-state index in [1.807, 2.05) is 6.92 Å². The zero-order valence-corrected chi connectivity index (χ0v) is 25.0. The van der Waals surface area contributed by atoms with E-state index in [-0.39, 0.29) is 17.3 Å². The molecule has 3 rings (SSSR count). The lowest BCUT2D eigenvalue weighted by atomic mass is 10.1. The van der Waals surface area contributed by atoms with Crippen molar-refractivity contribution in [2.24, 2.45) is 0 Å². The lowest BCUT2D eigenvalue weighted by Crippen LogP contribution is -2.51. The van der Waals surface area contributed by atoms with Gasteiger partial charge >= 0.3 is 0 Å². The Morgan fingerprint density at radius 1 is 0.974 bits per heavy atom. The molecular formula is C27H28BrCl2N3O4S. The van der Waals surface area contributed by atoms with Gasteiger partial charge in [-0.1, -0.05) is 62.9 Å². The molecule has 38 heavy (non-hydrogen) atoms. The van der Waals surface area contributed by atoms with E-state index in [1.54, 1.807) is 68.4 Å². The van der Waals surface area contributed by atoms with E-state index in [2.05, 4.69) is 21.2 Å². The van der Waals surface area contributed by atoms with E-state index in [0.717, 1.165) is 14.3 Å². The first-order valence-electron chi connectivity index (χ1n) is 11.8. The molecule has 0 saturated carbocycles. The average molecular weight is 641 g/mol. The van der Waals surface area contributed by atoms with Crippen molar-refractivity contribution in [3.63, 3.8) is 0 Å². The van der Waals surface area contributed by atoms with Crippen LogP contribution in [0.5, 0.6) is 0 Å². The van der Waals surface area contributed by atoms with Crippen molar-refractivity contribution in [2.45, 2.75) is 38.3 Å². The van der Waals surface area contributed by atoms with Gasteiger partial charge in [-0.05, 0) is 74.9 Å². The summed E-state index contributed by atoms with van der Waals surface area (Å²) in [4.78, 5) is 27.9. The lowest BCUT2D eigenvalue weighted by molar-refractivity contribution is -0.139. The minimum Gasteiger partial charge on any atom is -0.355 e. The molecular weight excluding hydrogens is 613 g/mol. The number of sulfonamides is 1. The molecule has 11 heteroatoms. The van der Waals surface area contributed by atoms with Gasteiger partial charge in [0.2, 0.25) is 11.8 Å². The smallest absolute Gasteiger partial charge is 0.264 e. The summed E-state index contributed by atoms with van der Waals surface area (Å²) < 4.78 is 29.3. The Morgan fingerprint density at radius 3 is 2.18 bits per heavy atom. The number of aryl methyl sites for hydroxylation is 1. The molecule has 0 aromatic heterocycles. The topological polar surface area (TPSA) is 86.8 Å². The number of rotatable bonds is 10. The molecule has 0 heterocycles. The van der Waals surface area contributed by atoms with Crippen molar-refractivity contribution in [1.82, 2.24) is 10.2 Å². The van der Waals surface area contributed by atoms with Gasteiger partial charge in [-0.15, -0.1) is 0 Å². The lowest BCUT2D eigenvalue weighted by Gasteiger charge is -2.32. The summed E-state index contributed by atoms with van der Waals surface area (Å²) in [6.45, 7) is 5.11. The molecule has 0 fully saturated rings. The maximum atomic E-state index is 13.8. The first kappa shape index (κ1) is 30.0. The van der Waals surface area contributed by atoms with Crippen molar-refractivity contribution in [2.75, 3.05) is 17.4 Å². The number of amides is 2. The number of nitrogens with one attached hydrogen (secondary N) is 1. The highest BCUT2D eigenvalue weighted by Gasteiger charge is 2.32. The minimum absolute atomic E-state index is 0.0206. The zero-order chi connectivity index (χ0) is 28.0. The number of likely N-dealkylation sites (N-methyl/N-ethyl adjacent to an activating group) is 1. The molecule has 0 unspecified atom stereocenters. The van der Waals surface area contributed by atoms with Gasteiger partial charge in [0.15, 0.2) is 0 Å². The number of halogens is 3. The third-order valence-electron chi connectivity index (χ3n) is 5.86. The number of hydrogen-bond acceptors (Lipinski definition) is 4. The van der Waals surface area contributed by atoms with Crippen LogP contribution >= 0.6 is 39.1 Å². The van der Waals surface area contributed by atoms with Crippen molar-refractivity contribution >= 4 is 66.7 Å². The number of benzene rings is 3. The van der Waals surface area contributed by atoms with Crippen LogP contribution in [0.15, 0.2) is 76.1 Å². The largest absolute Gasteiger partial charge is 0.355 e. The van der Waals surface area contributed by atoms with E-state index < -0.39 is 28.5 Å². The van der Waals surface area contributed by atoms with Gasteiger partial charge in [0.25, 0.3) is 10.0 Å². The molecule has 0 aliphatic rings. The summed E-state index contributed by atoms with van der Waals surface area (Å²) in [6, 6.07) is 17.1. The maximum Gasteiger partial charge on any atom is 0.264 e. The van der Waals surface area contributed by atoms with E-state index >= 15 is 0 Å². The Morgan fingerprint density at radius 2 is 1.61 bits per heavy atom. The minimum atomic E-state index is -4.12. The summed E-state index contributed by atoms with van der Waals surface area (Å²) in [6.07, 6.45) is 0. The fourth-order valence-corrected chi connectivity index (χ4v) is 5.71. The Kier molecular flexibility index (Phi) is 10.2. The van der Waals surface area contributed by atoms with Gasteiger partial charge in [0.1, 0.15) is 12.6 Å². The fourth-order valence-electron chi connectivity index (χ4n) is 3.71. The van der Waals surface area contributed by atoms with Gasteiger partial charge < -0.3 is 10.2 Å². The summed E-state index contributed by atoms with van der Waals surface area (Å²) in [5, 5.41) is 3.39. The first-order chi connectivity index (χ1) is 17.9. The number of anilines is 1. The van der Waals surface area contributed by atoms with Gasteiger partial charge in [-0.25, -0.2) is 8.42 Å². The van der Waals surface area contributed by atoms with Gasteiger partial charge in [0.05, 0.1) is 20.6 Å². The quantitative estimate of drug-likeness (QED) is 0.303. The van der Waals surface area contributed by atoms with E-state index in [9.17, 15) is 18.0 Å². The van der Waals surface area contributed by atoms with Gasteiger partial charge in [0, 0.05) is 17.6 Å². The number of carbonyl (C=O) groups excluding carboxylic acids is 2. The van der Waals surface area contributed by atoms with Gasteiger partial charge in [-0.3, -0.25) is 13.9 Å². The summed E-state index contributed by atoms with van der Waals surface area (Å²) in [5.74, 6) is -0.925. The summed E-state index contributed by atoms with van der Waals surface area (Å²) in [5.41, 5.74) is 1.85. The van der Waals surface area contributed by atoms with Crippen LogP contribution in [0.2, 0.25) is 10.0 Å². The molecule has 1 N–H and O–H groups in total. The predicted octanol–water partition coefficient (Wildman–Crippen LogP) is 5.81. The highest BCUT2D eigenvalue weighted by Crippen LogP contribution is 2.27. The second-order valence-electron chi connectivity index (χ2n) is 8.64. The van der Waals surface area contributed by atoms with Crippen molar-refractivity contribution in [3.8, 4) is 0 Å². The van der Waals surface area contributed by atoms with Crippen molar-refractivity contribution in [1.29, 1.82) is 0 Å². The molecule has 7 nitrogen and oxygen atoms in total. The Labute approximate surface area is 241 Å². The zero-order valence-electron chi connectivity index (χ0n) is 21.1. The molecule has 0 spiro atoms. The molecule has 0 aliphatic heterocycles.